The molecule has 1 fully saturated rings. The second-order valence-electron chi connectivity index (χ2n) is 5.10. The number of alkyl halides is 2. The quantitative estimate of drug-likeness (QED) is 0.940. The summed E-state index contributed by atoms with van der Waals surface area (Å²) in [7, 11) is 0. The van der Waals surface area contributed by atoms with E-state index in [0.29, 0.717) is 0 Å². The molecule has 2 aromatic rings. The average molecular weight is 292 g/mol. The molecule has 1 heterocycles. The van der Waals surface area contributed by atoms with Gasteiger partial charge in [0, 0.05) is 25.0 Å². The lowest BCUT2D eigenvalue weighted by Gasteiger charge is -2.26. The fourth-order valence-corrected chi connectivity index (χ4v) is 2.82. The number of halogens is 2. The van der Waals surface area contributed by atoms with Crippen molar-refractivity contribution in [3.8, 4) is 5.75 Å². The molecule has 0 amide bonds. The first-order chi connectivity index (χ1) is 10.3. The summed E-state index contributed by atoms with van der Waals surface area (Å²) >= 11 is 0. The monoisotopic (exact) mass is 292 g/mol. The largest absolute Gasteiger partial charge is 0.433 e. The van der Waals surface area contributed by atoms with Gasteiger partial charge in [-0.05, 0) is 24.4 Å². The van der Waals surface area contributed by atoms with E-state index >= 15 is 0 Å². The molecule has 1 saturated heterocycles. The van der Waals surface area contributed by atoms with Crippen LogP contribution in [-0.4, -0.2) is 32.8 Å². The number of ether oxygens (including phenoxy) is 1. The van der Waals surface area contributed by atoms with Crippen molar-refractivity contribution in [3.63, 3.8) is 0 Å². The fourth-order valence-electron chi connectivity index (χ4n) is 2.82. The molecular weight excluding hydrogens is 274 g/mol. The Morgan fingerprint density at radius 3 is 2.76 bits per heavy atom. The molecule has 0 aliphatic carbocycles. The molecule has 2 aromatic carbocycles. The van der Waals surface area contributed by atoms with Gasteiger partial charge in [-0.1, -0.05) is 30.3 Å². The van der Waals surface area contributed by atoms with E-state index in [0.717, 1.165) is 49.1 Å². The van der Waals surface area contributed by atoms with Crippen LogP contribution in [0.5, 0.6) is 5.75 Å². The first-order valence-corrected chi connectivity index (χ1v) is 7.18. The van der Waals surface area contributed by atoms with E-state index in [4.69, 9.17) is 4.74 Å². The van der Waals surface area contributed by atoms with E-state index in [-0.39, 0.29) is 5.75 Å². The molecular formula is C16H18F2N2O. The molecule has 5 heteroatoms. The summed E-state index contributed by atoms with van der Waals surface area (Å²) in [5, 5.41) is 5.31. The highest BCUT2D eigenvalue weighted by atomic mass is 19.3. The molecule has 3 rings (SSSR count). The van der Waals surface area contributed by atoms with Crippen LogP contribution in [-0.2, 0) is 0 Å². The second-order valence-corrected chi connectivity index (χ2v) is 5.10. The van der Waals surface area contributed by atoms with E-state index in [1.165, 1.54) is 0 Å². The molecule has 3 nitrogen and oxygen atoms in total. The Kier molecular flexibility index (Phi) is 4.20. The number of anilines is 1. The summed E-state index contributed by atoms with van der Waals surface area (Å²) < 4.78 is 30.1. The topological polar surface area (TPSA) is 24.5 Å². The van der Waals surface area contributed by atoms with Crippen molar-refractivity contribution in [1.82, 2.24) is 5.32 Å². The lowest BCUT2D eigenvalue weighted by molar-refractivity contribution is -0.0494. The summed E-state index contributed by atoms with van der Waals surface area (Å²) in [4.78, 5) is 2.14. The standard InChI is InChI=1S/C16H18F2N2O/c17-16(18)21-14-7-6-12-4-1-2-5-13(12)15(14)20-10-3-8-19-9-11-20/h1-2,4-7,16,19H,3,8-11H2. The molecule has 1 N–H and O–H groups in total. The number of rotatable bonds is 3. The number of fused-ring (bicyclic) bond motifs is 1. The van der Waals surface area contributed by atoms with Crippen LogP contribution in [0, 0.1) is 0 Å². The van der Waals surface area contributed by atoms with Crippen LogP contribution < -0.4 is 15.0 Å². The lowest BCUT2D eigenvalue weighted by Crippen LogP contribution is -2.28. The minimum atomic E-state index is -2.81. The van der Waals surface area contributed by atoms with Gasteiger partial charge in [-0.15, -0.1) is 0 Å². The lowest BCUT2D eigenvalue weighted by atomic mass is 10.1. The van der Waals surface area contributed by atoms with Gasteiger partial charge in [0.2, 0.25) is 0 Å². The number of benzene rings is 2. The molecule has 0 bridgehead atoms. The van der Waals surface area contributed by atoms with E-state index in [1.807, 2.05) is 30.3 Å². The van der Waals surface area contributed by atoms with E-state index in [9.17, 15) is 8.78 Å². The maximum absolute atomic E-state index is 12.7. The second kappa shape index (κ2) is 6.26. The number of nitrogens with zero attached hydrogens (tertiary/aromatic N) is 1. The molecule has 0 unspecified atom stereocenters. The van der Waals surface area contributed by atoms with Gasteiger partial charge in [0.25, 0.3) is 0 Å². The van der Waals surface area contributed by atoms with E-state index in [1.54, 1.807) is 6.07 Å². The molecule has 0 radical (unpaired) electrons. The van der Waals surface area contributed by atoms with Crippen LogP contribution in [0.2, 0.25) is 0 Å². The Morgan fingerprint density at radius 1 is 1.05 bits per heavy atom. The van der Waals surface area contributed by atoms with Crippen molar-refractivity contribution >= 4 is 16.5 Å². The van der Waals surface area contributed by atoms with Crippen molar-refractivity contribution in [1.29, 1.82) is 0 Å². The van der Waals surface area contributed by atoms with Gasteiger partial charge >= 0.3 is 6.61 Å². The van der Waals surface area contributed by atoms with Gasteiger partial charge in [-0.25, -0.2) is 0 Å². The van der Waals surface area contributed by atoms with Gasteiger partial charge in [0.05, 0.1) is 5.69 Å². The normalized spacial score (nSPS) is 16.2. The van der Waals surface area contributed by atoms with Crippen molar-refractivity contribution in [2.45, 2.75) is 13.0 Å². The van der Waals surface area contributed by atoms with E-state index < -0.39 is 6.61 Å². The van der Waals surface area contributed by atoms with Crippen molar-refractivity contribution < 1.29 is 13.5 Å². The van der Waals surface area contributed by atoms with Gasteiger partial charge in [-0.3, -0.25) is 0 Å². The summed E-state index contributed by atoms with van der Waals surface area (Å²) in [5.41, 5.74) is 0.775. The Labute approximate surface area is 122 Å². The zero-order chi connectivity index (χ0) is 14.7. The summed E-state index contributed by atoms with van der Waals surface area (Å²) in [6.45, 7) is 0.604. The molecule has 0 spiro atoms. The predicted molar refractivity (Wildman–Crippen MR) is 80.3 cm³/mol. The number of hydrogen-bond donors (Lipinski definition) is 1. The van der Waals surface area contributed by atoms with Crippen molar-refractivity contribution in [2.24, 2.45) is 0 Å². The Balaban J connectivity index is 2.10. The van der Waals surface area contributed by atoms with Crippen molar-refractivity contribution in [2.75, 3.05) is 31.1 Å². The van der Waals surface area contributed by atoms with Crippen LogP contribution in [0.15, 0.2) is 36.4 Å². The zero-order valence-electron chi connectivity index (χ0n) is 11.7. The first kappa shape index (κ1) is 14.1. The third-order valence-corrected chi connectivity index (χ3v) is 3.74. The third-order valence-electron chi connectivity index (χ3n) is 3.74. The molecule has 0 aromatic heterocycles. The average Bonchev–Trinajstić information content (AvgIpc) is 2.75. The van der Waals surface area contributed by atoms with E-state index in [2.05, 4.69) is 10.2 Å². The summed E-state index contributed by atoms with van der Waals surface area (Å²) in [6.07, 6.45) is 0.983. The Hall–Kier alpha value is -1.88. The van der Waals surface area contributed by atoms with Crippen LogP contribution in [0.1, 0.15) is 6.42 Å². The molecule has 112 valence electrons. The first-order valence-electron chi connectivity index (χ1n) is 7.18. The SMILES string of the molecule is FC(F)Oc1ccc2ccccc2c1N1CCCNCC1. The smallest absolute Gasteiger partial charge is 0.387 e. The minimum absolute atomic E-state index is 0.255. The van der Waals surface area contributed by atoms with Gasteiger partial charge in [-0.2, -0.15) is 8.78 Å². The van der Waals surface area contributed by atoms with Crippen LogP contribution in [0.4, 0.5) is 14.5 Å². The third kappa shape index (κ3) is 3.08. The highest BCUT2D eigenvalue weighted by Gasteiger charge is 2.19. The minimum Gasteiger partial charge on any atom is -0.433 e. The maximum Gasteiger partial charge on any atom is 0.387 e. The predicted octanol–water partition coefficient (Wildman–Crippen LogP) is 3.24. The summed E-state index contributed by atoms with van der Waals surface area (Å²) in [6, 6.07) is 11.3. The molecule has 1 aliphatic rings. The fraction of sp³-hybridized carbons (Fsp3) is 0.375. The van der Waals surface area contributed by atoms with Gasteiger partial charge < -0.3 is 15.0 Å². The maximum atomic E-state index is 12.7. The highest BCUT2D eigenvalue weighted by molar-refractivity contribution is 5.97. The molecule has 0 saturated carbocycles. The van der Waals surface area contributed by atoms with Crippen LogP contribution >= 0.6 is 0 Å². The van der Waals surface area contributed by atoms with Gasteiger partial charge in [0.1, 0.15) is 5.75 Å². The van der Waals surface area contributed by atoms with Gasteiger partial charge in [0.15, 0.2) is 0 Å². The molecule has 1 aliphatic heterocycles. The Morgan fingerprint density at radius 2 is 1.90 bits per heavy atom. The molecule has 21 heavy (non-hydrogen) atoms. The van der Waals surface area contributed by atoms with Crippen LogP contribution in [0.3, 0.4) is 0 Å². The highest BCUT2D eigenvalue weighted by Crippen LogP contribution is 2.37. The Bertz CT molecular complexity index is 610. The number of nitrogens with one attached hydrogen (secondary N) is 1. The van der Waals surface area contributed by atoms with Crippen LogP contribution in [0.25, 0.3) is 10.8 Å². The number of hydrogen-bond acceptors (Lipinski definition) is 3. The summed E-state index contributed by atoms with van der Waals surface area (Å²) in [5.74, 6) is 0.255. The zero-order valence-corrected chi connectivity index (χ0v) is 11.7. The van der Waals surface area contributed by atoms with Crippen molar-refractivity contribution in [3.05, 3.63) is 36.4 Å². The molecule has 0 atom stereocenters.